The van der Waals surface area contributed by atoms with E-state index in [1.165, 1.54) is 12.8 Å². The second-order valence-electron chi connectivity index (χ2n) is 4.74. The van der Waals surface area contributed by atoms with Gasteiger partial charge in [-0.05, 0) is 31.6 Å². The number of nitrogen functional groups attached to an aromatic ring is 2. The molecular formula is C12H20N4O. The molecule has 1 aromatic rings. The third-order valence-corrected chi connectivity index (χ3v) is 3.52. The molecule has 0 aromatic carbocycles. The van der Waals surface area contributed by atoms with Crippen molar-refractivity contribution in [2.45, 2.75) is 31.6 Å². The van der Waals surface area contributed by atoms with Crippen molar-refractivity contribution < 1.29 is 4.74 Å². The van der Waals surface area contributed by atoms with Crippen molar-refractivity contribution in [2.24, 2.45) is 5.92 Å². The van der Waals surface area contributed by atoms with Gasteiger partial charge >= 0.3 is 0 Å². The molecule has 94 valence electrons. The predicted octanol–water partition coefficient (Wildman–Crippen LogP) is 1.56. The molecule has 1 aliphatic carbocycles. The number of methoxy groups -OCH3 is 1. The van der Waals surface area contributed by atoms with Gasteiger partial charge in [0, 0.05) is 19.6 Å². The van der Waals surface area contributed by atoms with E-state index >= 15 is 0 Å². The highest BCUT2D eigenvalue weighted by Crippen LogP contribution is 2.35. The van der Waals surface area contributed by atoms with Crippen molar-refractivity contribution in [3.63, 3.8) is 0 Å². The number of nitrogens with two attached hydrogens (primary N) is 2. The molecule has 0 spiro atoms. The first-order valence-electron chi connectivity index (χ1n) is 6.07. The van der Waals surface area contributed by atoms with E-state index < -0.39 is 0 Å². The molecule has 0 bridgehead atoms. The molecule has 0 saturated heterocycles. The summed E-state index contributed by atoms with van der Waals surface area (Å²) in [5.41, 5.74) is 12.2. The van der Waals surface area contributed by atoms with Crippen LogP contribution in [-0.4, -0.2) is 23.7 Å². The molecule has 0 atom stereocenters. The fraction of sp³-hybridized carbons (Fsp3) is 0.667. The highest BCUT2D eigenvalue weighted by atomic mass is 16.5. The van der Waals surface area contributed by atoms with Crippen LogP contribution in [0.1, 0.15) is 37.3 Å². The SMILES string of the molecule is COC[C@H]1CC[C@H](c2cnc(N)c(N)n2)CC1. The van der Waals surface area contributed by atoms with Gasteiger partial charge in [-0.1, -0.05) is 0 Å². The van der Waals surface area contributed by atoms with Crippen molar-refractivity contribution in [3.8, 4) is 0 Å². The first-order valence-corrected chi connectivity index (χ1v) is 6.07. The Labute approximate surface area is 102 Å². The van der Waals surface area contributed by atoms with Gasteiger partial charge in [0.2, 0.25) is 0 Å². The molecule has 2 rings (SSSR count). The lowest BCUT2D eigenvalue weighted by Gasteiger charge is -2.27. The zero-order valence-corrected chi connectivity index (χ0v) is 10.2. The van der Waals surface area contributed by atoms with Crippen molar-refractivity contribution in [2.75, 3.05) is 25.2 Å². The Morgan fingerprint density at radius 1 is 1.24 bits per heavy atom. The van der Waals surface area contributed by atoms with Gasteiger partial charge in [0.1, 0.15) is 0 Å². The fourth-order valence-corrected chi connectivity index (χ4v) is 2.48. The Balaban J connectivity index is 1.98. The van der Waals surface area contributed by atoms with Crippen LogP contribution in [0.25, 0.3) is 0 Å². The zero-order valence-electron chi connectivity index (χ0n) is 10.2. The lowest BCUT2D eigenvalue weighted by atomic mass is 9.81. The van der Waals surface area contributed by atoms with Crippen LogP contribution in [0.4, 0.5) is 11.6 Å². The number of anilines is 2. The van der Waals surface area contributed by atoms with Crippen LogP contribution in [0.2, 0.25) is 0 Å². The summed E-state index contributed by atoms with van der Waals surface area (Å²) >= 11 is 0. The van der Waals surface area contributed by atoms with Gasteiger partial charge in [-0.3, -0.25) is 0 Å². The minimum atomic E-state index is 0.321. The predicted molar refractivity (Wildman–Crippen MR) is 67.4 cm³/mol. The largest absolute Gasteiger partial charge is 0.384 e. The summed E-state index contributed by atoms with van der Waals surface area (Å²) in [6.45, 7) is 0.863. The van der Waals surface area contributed by atoms with Gasteiger partial charge in [0.25, 0.3) is 0 Å². The highest BCUT2D eigenvalue weighted by molar-refractivity contribution is 5.51. The van der Waals surface area contributed by atoms with Crippen LogP contribution in [0.5, 0.6) is 0 Å². The second kappa shape index (κ2) is 5.31. The summed E-state index contributed by atoms with van der Waals surface area (Å²) in [7, 11) is 1.76. The van der Waals surface area contributed by atoms with E-state index in [4.69, 9.17) is 16.2 Å². The monoisotopic (exact) mass is 236 g/mol. The standard InChI is InChI=1S/C12H20N4O/c1-17-7-8-2-4-9(5-3-8)10-6-15-11(13)12(14)16-10/h6,8-9H,2-5,7H2,1H3,(H2,13,15)(H2,14,16)/t8-,9-. The Hall–Kier alpha value is -1.36. The Kier molecular flexibility index (Phi) is 3.78. The molecular weight excluding hydrogens is 216 g/mol. The van der Waals surface area contributed by atoms with E-state index in [2.05, 4.69) is 9.97 Å². The summed E-state index contributed by atoms with van der Waals surface area (Å²) in [4.78, 5) is 8.40. The molecule has 1 fully saturated rings. The maximum Gasteiger partial charge on any atom is 0.166 e. The van der Waals surface area contributed by atoms with E-state index in [1.54, 1.807) is 13.3 Å². The molecule has 4 N–H and O–H groups in total. The maximum absolute atomic E-state index is 5.68. The maximum atomic E-state index is 5.68. The Morgan fingerprint density at radius 2 is 1.94 bits per heavy atom. The average Bonchev–Trinajstić information content (AvgIpc) is 2.34. The molecule has 1 heterocycles. The first kappa shape index (κ1) is 12.1. The number of aromatic nitrogens is 2. The quantitative estimate of drug-likeness (QED) is 0.831. The van der Waals surface area contributed by atoms with Crippen molar-refractivity contribution in [3.05, 3.63) is 11.9 Å². The number of hydrogen-bond donors (Lipinski definition) is 2. The lowest BCUT2D eigenvalue weighted by Crippen LogP contribution is -2.18. The summed E-state index contributed by atoms with van der Waals surface area (Å²) < 4.78 is 5.19. The van der Waals surface area contributed by atoms with Crippen molar-refractivity contribution in [1.82, 2.24) is 9.97 Å². The number of nitrogens with zero attached hydrogens (tertiary/aromatic N) is 2. The van der Waals surface area contributed by atoms with E-state index in [-0.39, 0.29) is 0 Å². The first-order chi connectivity index (χ1) is 8.20. The van der Waals surface area contributed by atoms with Gasteiger partial charge in [0.05, 0.1) is 11.9 Å². The molecule has 1 saturated carbocycles. The molecule has 0 unspecified atom stereocenters. The van der Waals surface area contributed by atoms with E-state index in [9.17, 15) is 0 Å². The normalized spacial score (nSPS) is 24.8. The van der Waals surface area contributed by atoms with Crippen LogP contribution in [0.3, 0.4) is 0 Å². The number of rotatable bonds is 3. The van der Waals surface area contributed by atoms with Crippen LogP contribution < -0.4 is 11.5 Å². The second-order valence-corrected chi connectivity index (χ2v) is 4.74. The van der Waals surface area contributed by atoms with Gasteiger partial charge < -0.3 is 16.2 Å². The van der Waals surface area contributed by atoms with E-state index in [0.29, 0.717) is 23.5 Å². The van der Waals surface area contributed by atoms with Gasteiger partial charge in [0.15, 0.2) is 11.6 Å². The third-order valence-electron chi connectivity index (χ3n) is 3.52. The van der Waals surface area contributed by atoms with E-state index in [0.717, 1.165) is 25.1 Å². The lowest BCUT2D eigenvalue weighted by molar-refractivity contribution is 0.127. The molecule has 0 aliphatic heterocycles. The number of ether oxygens (including phenoxy) is 1. The summed E-state index contributed by atoms with van der Waals surface area (Å²) in [6.07, 6.45) is 6.39. The smallest absolute Gasteiger partial charge is 0.166 e. The highest BCUT2D eigenvalue weighted by Gasteiger charge is 2.23. The van der Waals surface area contributed by atoms with Crippen molar-refractivity contribution in [1.29, 1.82) is 0 Å². The van der Waals surface area contributed by atoms with Crippen LogP contribution in [0.15, 0.2) is 6.20 Å². The average molecular weight is 236 g/mol. The molecule has 5 nitrogen and oxygen atoms in total. The molecule has 0 radical (unpaired) electrons. The Morgan fingerprint density at radius 3 is 2.53 bits per heavy atom. The molecule has 0 amide bonds. The number of hydrogen-bond acceptors (Lipinski definition) is 5. The van der Waals surface area contributed by atoms with E-state index in [1.807, 2.05) is 0 Å². The molecule has 5 heteroatoms. The zero-order chi connectivity index (χ0) is 12.3. The summed E-state index contributed by atoms with van der Waals surface area (Å²) in [5, 5.41) is 0. The minimum absolute atomic E-state index is 0.321. The minimum Gasteiger partial charge on any atom is -0.384 e. The third kappa shape index (κ3) is 2.85. The van der Waals surface area contributed by atoms with Gasteiger partial charge in [-0.25, -0.2) is 9.97 Å². The topological polar surface area (TPSA) is 87.0 Å². The van der Waals surface area contributed by atoms with Crippen LogP contribution in [-0.2, 0) is 4.74 Å². The van der Waals surface area contributed by atoms with Crippen molar-refractivity contribution >= 4 is 11.6 Å². The van der Waals surface area contributed by atoms with Crippen LogP contribution in [0, 0.1) is 5.92 Å². The fourth-order valence-electron chi connectivity index (χ4n) is 2.48. The summed E-state index contributed by atoms with van der Waals surface area (Å²) in [5.74, 6) is 1.83. The molecule has 1 aromatic heterocycles. The van der Waals surface area contributed by atoms with Crippen LogP contribution >= 0.6 is 0 Å². The Bertz CT molecular complexity index is 375. The molecule has 1 aliphatic rings. The summed E-state index contributed by atoms with van der Waals surface area (Å²) in [6, 6.07) is 0. The molecule has 17 heavy (non-hydrogen) atoms. The van der Waals surface area contributed by atoms with Gasteiger partial charge in [-0.2, -0.15) is 0 Å². The van der Waals surface area contributed by atoms with Gasteiger partial charge in [-0.15, -0.1) is 0 Å².